The van der Waals surface area contributed by atoms with Crippen molar-refractivity contribution in [1.82, 2.24) is 14.5 Å². The number of hydrogen-bond donors (Lipinski definition) is 0. The van der Waals surface area contributed by atoms with Crippen LogP contribution in [0.3, 0.4) is 0 Å². The van der Waals surface area contributed by atoms with Gasteiger partial charge in [0.15, 0.2) is 5.82 Å². The minimum absolute atomic E-state index is 0.325. The van der Waals surface area contributed by atoms with E-state index in [0.29, 0.717) is 0 Å². The fourth-order valence-corrected chi connectivity index (χ4v) is 10.9. The molecular formula is C54H35N3. The summed E-state index contributed by atoms with van der Waals surface area (Å²) in [6.45, 7) is 4.63. The highest BCUT2D eigenvalue weighted by atomic mass is 15.1. The monoisotopic (exact) mass is 725 g/mol. The highest BCUT2D eigenvalue weighted by molar-refractivity contribution is 6.14. The van der Waals surface area contributed by atoms with Crippen molar-refractivity contribution >= 4 is 32.6 Å². The second-order valence-electron chi connectivity index (χ2n) is 16.5. The smallest absolute Gasteiger partial charge is 0.161 e. The molecule has 8 aromatic carbocycles. The standard InChI is InChI=1S/C54H35N3/c1-53(2)42-22-10-8-21-39(42)49-50(53)55-51(56-52(49)57-47-26-14-9-20-38(47)41-29-32-15-3-4-16-33(32)31-48(41)57)34-27-28-46-40(30-34)37-19-7-13-25-45(37)54(46)43-23-11-5-17-35(43)36-18-6-12-24-44(36)54/h3-31H,1-2H3. The minimum Gasteiger partial charge on any atom is -0.293 e. The van der Waals surface area contributed by atoms with Crippen LogP contribution in [0.15, 0.2) is 176 Å². The number of aromatic nitrogens is 3. The van der Waals surface area contributed by atoms with Crippen LogP contribution in [0, 0.1) is 0 Å². The molecule has 0 saturated carbocycles. The molecule has 0 N–H and O–H groups in total. The lowest BCUT2D eigenvalue weighted by Crippen LogP contribution is -2.25. The van der Waals surface area contributed by atoms with E-state index in [4.69, 9.17) is 9.97 Å². The first kappa shape index (κ1) is 31.1. The van der Waals surface area contributed by atoms with Gasteiger partial charge >= 0.3 is 0 Å². The molecule has 57 heavy (non-hydrogen) atoms. The predicted octanol–water partition coefficient (Wildman–Crippen LogP) is 13.0. The summed E-state index contributed by atoms with van der Waals surface area (Å²) < 4.78 is 2.41. The molecule has 3 aliphatic rings. The van der Waals surface area contributed by atoms with Gasteiger partial charge in [0.05, 0.1) is 22.1 Å². The molecule has 0 atom stereocenters. The Kier molecular flexibility index (Phi) is 5.90. The molecule has 0 bridgehead atoms. The molecule has 13 rings (SSSR count). The van der Waals surface area contributed by atoms with E-state index in [0.717, 1.165) is 39.5 Å². The van der Waals surface area contributed by atoms with Crippen molar-refractivity contribution in [2.45, 2.75) is 24.7 Å². The van der Waals surface area contributed by atoms with Crippen LogP contribution in [0.2, 0.25) is 0 Å². The Morgan fingerprint density at radius 2 is 0.965 bits per heavy atom. The van der Waals surface area contributed by atoms with Gasteiger partial charge in [0.25, 0.3) is 0 Å². The first-order valence-electron chi connectivity index (χ1n) is 19.9. The van der Waals surface area contributed by atoms with Crippen LogP contribution in [0.1, 0.15) is 47.4 Å². The molecule has 3 aliphatic carbocycles. The van der Waals surface area contributed by atoms with E-state index >= 15 is 0 Å². The molecule has 1 spiro atoms. The average molecular weight is 726 g/mol. The third-order valence-electron chi connectivity index (χ3n) is 13.4. The van der Waals surface area contributed by atoms with Crippen molar-refractivity contribution in [3.63, 3.8) is 0 Å². The zero-order valence-electron chi connectivity index (χ0n) is 31.6. The molecule has 3 heteroatoms. The van der Waals surface area contributed by atoms with E-state index in [1.807, 2.05) is 0 Å². The Morgan fingerprint density at radius 1 is 0.421 bits per heavy atom. The SMILES string of the molecule is CC1(C)c2ccccc2-c2c(-n3c4ccccc4c4cc5ccccc5cc43)nc(-c3ccc4c(c3)-c3ccccc3C43c4ccccc4-c4ccccc43)nc21. The molecule has 2 aromatic heterocycles. The molecule has 266 valence electrons. The molecule has 0 aliphatic heterocycles. The predicted molar refractivity (Wildman–Crippen MR) is 233 cm³/mol. The third kappa shape index (κ3) is 3.82. The van der Waals surface area contributed by atoms with Crippen LogP contribution in [-0.4, -0.2) is 14.5 Å². The largest absolute Gasteiger partial charge is 0.293 e. The van der Waals surface area contributed by atoms with E-state index in [1.54, 1.807) is 0 Å². The van der Waals surface area contributed by atoms with Crippen LogP contribution in [0.25, 0.3) is 83.2 Å². The molecule has 0 radical (unpaired) electrons. The summed E-state index contributed by atoms with van der Waals surface area (Å²) in [5.74, 6) is 1.66. The first-order chi connectivity index (χ1) is 28.0. The molecular weight excluding hydrogens is 691 g/mol. The molecule has 10 aromatic rings. The summed E-state index contributed by atoms with van der Waals surface area (Å²) in [5.41, 5.74) is 17.7. The van der Waals surface area contributed by atoms with Crippen molar-refractivity contribution in [3.8, 4) is 50.6 Å². The molecule has 0 fully saturated rings. The highest BCUT2D eigenvalue weighted by Crippen LogP contribution is 2.63. The van der Waals surface area contributed by atoms with Crippen LogP contribution < -0.4 is 0 Å². The number of benzene rings is 8. The second-order valence-corrected chi connectivity index (χ2v) is 16.5. The molecule has 2 heterocycles. The lowest BCUT2D eigenvalue weighted by molar-refractivity contribution is 0.635. The first-order valence-corrected chi connectivity index (χ1v) is 19.9. The molecule has 0 saturated heterocycles. The van der Waals surface area contributed by atoms with Crippen LogP contribution >= 0.6 is 0 Å². The average Bonchev–Trinajstić information content (AvgIpc) is 3.92. The van der Waals surface area contributed by atoms with Crippen LogP contribution in [0.4, 0.5) is 0 Å². The van der Waals surface area contributed by atoms with Gasteiger partial charge in [-0.2, -0.15) is 0 Å². The maximum atomic E-state index is 5.70. The Balaban J connectivity index is 1.11. The zero-order chi connectivity index (χ0) is 37.6. The van der Waals surface area contributed by atoms with Gasteiger partial charge in [0, 0.05) is 27.3 Å². The van der Waals surface area contributed by atoms with Gasteiger partial charge in [0.2, 0.25) is 0 Å². The van der Waals surface area contributed by atoms with Crippen molar-refractivity contribution in [2.24, 2.45) is 0 Å². The van der Waals surface area contributed by atoms with Crippen molar-refractivity contribution in [2.75, 3.05) is 0 Å². The number of nitrogens with zero attached hydrogens (tertiary/aromatic N) is 3. The summed E-state index contributed by atoms with van der Waals surface area (Å²) in [4.78, 5) is 11.3. The van der Waals surface area contributed by atoms with Gasteiger partial charge in [-0.25, -0.2) is 9.97 Å². The maximum absolute atomic E-state index is 5.70. The van der Waals surface area contributed by atoms with E-state index in [2.05, 4.69) is 194 Å². The summed E-state index contributed by atoms with van der Waals surface area (Å²) in [7, 11) is 0. The van der Waals surface area contributed by atoms with Gasteiger partial charge < -0.3 is 0 Å². The molecule has 0 unspecified atom stereocenters. The second kappa shape index (κ2) is 10.8. The van der Waals surface area contributed by atoms with E-state index in [-0.39, 0.29) is 5.41 Å². The van der Waals surface area contributed by atoms with Gasteiger partial charge in [0.1, 0.15) is 5.82 Å². The summed E-state index contributed by atoms with van der Waals surface area (Å²) in [5, 5.41) is 4.88. The number of hydrogen-bond acceptors (Lipinski definition) is 2. The minimum atomic E-state index is -0.392. The fraction of sp³-hybridized carbons (Fsp3) is 0.0741. The van der Waals surface area contributed by atoms with E-state index < -0.39 is 5.41 Å². The molecule has 0 amide bonds. The summed E-state index contributed by atoms with van der Waals surface area (Å²) in [6.07, 6.45) is 0. The van der Waals surface area contributed by atoms with Gasteiger partial charge in [-0.15, -0.1) is 0 Å². The lowest BCUT2D eigenvalue weighted by Gasteiger charge is -2.30. The maximum Gasteiger partial charge on any atom is 0.161 e. The zero-order valence-corrected chi connectivity index (χ0v) is 31.6. The van der Waals surface area contributed by atoms with Crippen molar-refractivity contribution in [3.05, 3.63) is 209 Å². The number of rotatable bonds is 2. The van der Waals surface area contributed by atoms with Crippen LogP contribution in [-0.2, 0) is 10.8 Å². The number of para-hydroxylation sites is 1. The van der Waals surface area contributed by atoms with Gasteiger partial charge in [-0.1, -0.05) is 166 Å². The molecule has 3 nitrogen and oxygen atoms in total. The third-order valence-corrected chi connectivity index (χ3v) is 13.4. The summed E-state index contributed by atoms with van der Waals surface area (Å²) >= 11 is 0. The Labute approximate surface area is 330 Å². The number of fused-ring (bicyclic) bond motifs is 17. The fourth-order valence-electron chi connectivity index (χ4n) is 10.9. The van der Waals surface area contributed by atoms with E-state index in [1.165, 1.54) is 77.2 Å². The van der Waals surface area contributed by atoms with Gasteiger partial charge in [-0.3, -0.25) is 4.57 Å². The Hall–Kier alpha value is -7.10. The summed E-state index contributed by atoms with van der Waals surface area (Å²) in [6, 6.07) is 64.9. The van der Waals surface area contributed by atoms with Crippen molar-refractivity contribution in [1.29, 1.82) is 0 Å². The normalized spacial score (nSPS) is 14.8. The quantitative estimate of drug-likeness (QED) is 0.178. The van der Waals surface area contributed by atoms with Crippen LogP contribution in [0.5, 0.6) is 0 Å². The Bertz CT molecular complexity index is 3350. The van der Waals surface area contributed by atoms with Crippen molar-refractivity contribution < 1.29 is 0 Å². The lowest BCUT2D eigenvalue weighted by atomic mass is 9.70. The van der Waals surface area contributed by atoms with Gasteiger partial charge in [-0.05, 0) is 90.7 Å². The van der Waals surface area contributed by atoms with E-state index in [9.17, 15) is 0 Å². The topological polar surface area (TPSA) is 30.7 Å². The highest BCUT2D eigenvalue weighted by Gasteiger charge is 2.51. The Morgan fingerprint density at radius 3 is 1.67 bits per heavy atom.